The van der Waals surface area contributed by atoms with Crippen molar-refractivity contribution >= 4 is 28.9 Å². The maximum Gasteiger partial charge on any atom is 0.271 e. The predicted molar refractivity (Wildman–Crippen MR) is 106 cm³/mol. The molecule has 2 heterocycles. The third-order valence-electron chi connectivity index (χ3n) is 5.21. The average molecular weight is 414 g/mol. The molecule has 1 saturated heterocycles. The Bertz CT molecular complexity index is 989. The average Bonchev–Trinajstić information content (AvgIpc) is 2.76. The zero-order valence-electron chi connectivity index (χ0n) is 16.0. The minimum absolute atomic E-state index is 0.183. The van der Waals surface area contributed by atoms with Crippen LogP contribution in [0.5, 0.6) is 5.75 Å². The molecule has 2 aliphatic heterocycles. The van der Waals surface area contributed by atoms with Crippen molar-refractivity contribution in [1.29, 1.82) is 0 Å². The number of anilines is 2. The number of carbonyl (C=O) groups excluding carboxylic acids is 2. The molecular formula is C20H19FN4O5. The maximum atomic E-state index is 13.1. The van der Waals surface area contributed by atoms with Gasteiger partial charge in [-0.05, 0) is 30.3 Å². The Morgan fingerprint density at radius 2 is 1.80 bits per heavy atom. The molecular weight excluding hydrogens is 395 g/mol. The van der Waals surface area contributed by atoms with Gasteiger partial charge in [-0.15, -0.1) is 0 Å². The molecule has 0 radical (unpaired) electrons. The number of non-ortho nitro benzene ring substituents is 1. The lowest BCUT2D eigenvalue weighted by Crippen LogP contribution is -2.53. The standard InChI is InChI=1S/C20H19FN4O5/c21-14-1-3-15(4-2-14)22-7-9-23(10-8-22)19(26)12-24-17-11-16(25(28)29)5-6-18(17)30-13-20(24)27/h1-6,11H,7-10,12-13H2. The van der Waals surface area contributed by atoms with E-state index in [2.05, 4.69) is 4.90 Å². The van der Waals surface area contributed by atoms with E-state index in [1.807, 2.05) is 0 Å². The number of nitro benzene ring substituents is 1. The van der Waals surface area contributed by atoms with Crippen LogP contribution < -0.4 is 14.5 Å². The summed E-state index contributed by atoms with van der Waals surface area (Å²) < 4.78 is 18.4. The van der Waals surface area contributed by atoms with Gasteiger partial charge in [0.15, 0.2) is 6.61 Å². The number of nitrogens with zero attached hydrogens (tertiary/aromatic N) is 4. The summed E-state index contributed by atoms with van der Waals surface area (Å²) in [6, 6.07) is 10.2. The molecule has 0 aromatic heterocycles. The summed E-state index contributed by atoms with van der Waals surface area (Å²) in [5, 5.41) is 11.1. The van der Waals surface area contributed by atoms with Crippen molar-refractivity contribution in [3.05, 3.63) is 58.4 Å². The summed E-state index contributed by atoms with van der Waals surface area (Å²) >= 11 is 0. The van der Waals surface area contributed by atoms with E-state index in [4.69, 9.17) is 4.74 Å². The van der Waals surface area contributed by atoms with Crippen LogP contribution in [0, 0.1) is 15.9 Å². The van der Waals surface area contributed by atoms with Gasteiger partial charge in [0.05, 0.1) is 10.6 Å². The Hall–Kier alpha value is -3.69. The van der Waals surface area contributed by atoms with E-state index >= 15 is 0 Å². The van der Waals surface area contributed by atoms with Gasteiger partial charge in [-0.1, -0.05) is 0 Å². The summed E-state index contributed by atoms with van der Waals surface area (Å²) in [6.45, 7) is 1.63. The Morgan fingerprint density at radius 1 is 1.10 bits per heavy atom. The second-order valence-corrected chi connectivity index (χ2v) is 7.02. The molecule has 156 valence electrons. The first-order chi connectivity index (χ1) is 14.4. The quantitative estimate of drug-likeness (QED) is 0.559. The van der Waals surface area contributed by atoms with Crippen LogP contribution in [0.15, 0.2) is 42.5 Å². The molecule has 0 bridgehead atoms. The molecule has 0 unspecified atom stereocenters. The summed E-state index contributed by atoms with van der Waals surface area (Å²) in [7, 11) is 0. The normalized spacial score (nSPS) is 16.2. The number of hydrogen-bond acceptors (Lipinski definition) is 6. The number of halogens is 1. The fourth-order valence-corrected chi connectivity index (χ4v) is 3.58. The first kappa shape index (κ1) is 19.6. The zero-order chi connectivity index (χ0) is 21.3. The Kier molecular flexibility index (Phi) is 5.21. The van der Waals surface area contributed by atoms with Crippen molar-refractivity contribution in [3.63, 3.8) is 0 Å². The molecule has 1 fully saturated rings. The highest BCUT2D eigenvalue weighted by molar-refractivity contribution is 6.02. The number of benzene rings is 2. The second kappa shape index (κ2) is 7.97. The minimum Gasteiger partial charge on any atom is -0.482 e. The first-order valence-electron chi connectivity index (χ1n) is 9.42. The molecule has 0 N–H and O–H groups in total. The predicted octanol–water partition coefficient (Wildman–Crippen LogP) is 1.81. The van der Waals surface area contributed by atoms with Crippen LogP contribution in [0.4, 0.5) is 21.5 Å². The summed E-state index contributed by atoms with van der Waals surface area (Å²) in [5.74, 6) is -0.653. The van der Waals surface area contributed by atoms with Gasteiger partial charge in [-0.3, -0.25) is 24.6 Å². The summed E-state index contributed by atoms with van der Waals surface area (Å²) in [4.78, 5) is 40.6. The highest BCUT2D eigenvalue weighted by Gasteiger charge is 2.31. The van der Waals surface area contributed by atoms with Crippen molar-refractivity contribution in [2.24, 2.45) is 0 Å². The number of rotatable bonds is 4. The highest BCUT2D eigenvalue weighted by atomic mass is 19.1. The molecule has 4 rings (SSSR count). The molecule has 0 atom stereocenters. The number of ether oxygens (including phenoxy) is 1. The topological polar surface area (TPSA) is 96.2 Å². The molecule has 9 nitrogen and oxygen atoms in total. The van der Waals surface area contributed by atoms with Crippen molar-refractivity contribution < 1.29 is 23.6 Å². The van der Waals surface area contributed by atoms with Crippen LogP contribution >= 0.6 is 0 Å². The number of nitro groups is 1. The summed E-state index contributed by atoms with van der Waals surface area (Å²) in [6.07, 6.45) is 0. The van der Waals surface area contributed by atoms with Crippen LogP contribution in [-0.2, 0) is 9.59 Å². The molecule has 10 heteroatoms. The second-order valence-electron chi connectivity index (χ2n) is 7.02. The van der Waals surface area contributed by atoms with E-state index in [1.54, 1.807) is 17.0 Å². The van der Waals surface area contributed by atoms with E-state index in [0.29, 0.717) is 31.9 Å². The molecule has 2 amide bonds. The fourth-order valence-electron chi connectivity index (χ4n) is 3.58. The monoisotopic (exact) mass is 414 g/mol. The Balaban J connectivity index is 1.43. The number of carbonyl (C=O) groups is 2. The van der Waals surface area contributed by atoms with E-state index in [9.17, 15) is 24.1 Å². The van der Waals surface area contributed by atoms with Crippen LogP contribution in [0.2, 0.25) is 0 Å². The van der Waals surface area contributed by atoms with Crippen molar-refractivity contribution in [2.75, 3.05) is 49.1 Å². The lowest BCUT2D eigenvalue weighted by Gasteiger charge is -2.37. The van der Waals surface area contributed by atoms with Gasteiger partial charge in [0, 0.05) is 44.0 Å². The number of hydrogen-bond donors (Lipinski definition) is 0. The van der Waals surface area contributed by atoms with Gasteiger partial charge in [0.25, 0.3) is 11.6 Å². The molecule has 30 heavy (non-hydrogen) atoms. The largest absolute Gasteiger partial charge is 0.482 e. The van der Waals surface area contributed by atoms with Crippen molar-refractivity contribution in [2.45, 2.75) is 0 Å². The minimum atomic E-state index is -0.561. The molecule has 2 aliphatic rings. The SMILES string of the molecule is O=C(CN1C(=O)COc2ccc([N+](=O)[O-])cc21)N1CCN(c2ccc(F)cc2)CC1. The van der Waals surface area contributed by atoms with Crippen LogP contribution in [-0.4, -0.2) is 61.0 Å². The summed E-state index contributed by atoms with van der Waals surface area (Å²) in [5.41, 5.74) is 0.921. The first-order valence-corrected chi connectivity index (χ1v) is 9.42. The van der Waals surface area contributed by atoms with Gasteiger partial charge in [0.1, 0.15) is 18.1 Å². The Labute approximate surface area is 171 Å². The van der Waals surface area contributed by atoms with Crippen molar-refractivity contribution in [1.82, 2.24) is 4.90 Å². The highest BCUT2D eigenvalue weighted by Crippen LogP contribution is 2.35. The molecule has 2 aromatic carbocycles. The Morgan fingerprint density at radius 3 is 2.47 bits per heavy atom. The fraction of sp³-hybridized carbons (Fsp3) is 0.300. The van der Waals surface area contributed by atoms with Crippen molar-refractivity contribution in [3.8, 4) is 5.75 Å². The van der Waals surface area contributed by atoms with Gasteiger partial charge < -0.3 is 14.5 Å². The molecule has 0 spiro atoms. The van der Waals surface area contributed by atoms with Gasteiger partial charge >= 0.3 is 0 Å². The third-order valence-corrected chi connectivity index (χ3v) is 5.21. The van der Waals surface area contributed by atoms with E-state index in [0.717, 1.165) is 5.69 Å². The van der Waals surface area contributed by atoms with Gasteiger partial charge in [-0.2, -0.15) is 0 Å². The van der Waals surface area contributed by atoms with E-state index in [-0.39, 0.29) is 36.3 Å². The number of fused-ring (bicyclic) bond motifs is 1. The van der Waals surface area contributed by atoms with E-state index in [1.165, 1.54) is 35.2 Å². The number of amides is 2. The zero-order valence-corrected chi connectivity index (χ0v) is 16.0. The maximum absolute atomic E-state index is 13.1. The van der Waals surface area contributed by atoms with Crippen LogP contribution in [0.1, 0.15) is 0 Å². The van der Waals surface area contributed by atoms with Crippen LogP contribution in [0.25, 0.3) is 0 Å². The molecule has 0 saturated carbocycles. The lowest BCUT2D eigenvalue weighted by atomic mass is 10.2. The third kappa shape index (κ3) is 3.88. The molecule has 2 aromatic rings. The van der Waals surface area contributed by atoms with E-state index < -0.39 is 10.8 Å². The van der Waals surface area contributed by atoms with Gasteiger partial charge in [0.2, 0.25) is 5.91 Å². The smallest absolute Gasteiger partial charge is 0.271 e. The van der Waals surface area contributed by atoms with Gasteiger partial charge in [-0.25, -0.2) is 4.39 Å². The molecule has 0 aliphatic carbocycles. The van der Waals surface area contributed by atoms with Crippen LogP contribution in [0.3, 0.4) is 0 Å². The number of piperazine rings is 1. The lowest BCUT2D eigenvalue weighted by molar-refractivity contribution is -0.384.